The zero-order chi connectivity index (χ0) is 15.9. The van der Waals surface area contributed by atoms with Gasteiger partial charge in [-0.2, -0.15) is 0 Å². The fraction of sp³-hybridized carbons (Fsp3) is 0.176. The molecule has 5 heteroatoms. The molecule has 3 rings (SSSR count). The lowest BCUT2D eigenvalue weighted by atomic mass is 10.2. The van der Waals surface area contributed by atoms with Gasteiger partial charge in [-0.15, -0.1) is 0 Å². The Morgan fingerprint density at radius 3 is 2.32 bits per heavy atom. The Kier molecular flexibility index (Phi) is 3.45. The van der Waals surface area contributed by atoms with Crippen LogP contribution < -0.4 is 4.74 Å². The van der Waals surface area contributed by atoms with Gasteiger partial charge >= 0.3 is 0 Å². The Morgan fingerprint density at radius 2 is 1.68 bits per heavy atom. The van der Waals surface area contributed by atoms with Crippen LogP contribution in [-0.2, 0) is 10.0 Å². The third kappa shape index (κ3) is 2.18. The number of methoxy groups -OCH3 is 1. The van der Waals surface area contributed by atoms with E-state index < -0.39 is 10.0 Å². The summed E-state index contributed by atoms with van der Waals surface area (Å²) in [4.78, 5) is 0.279. The van der Waals surface area contributed by atoms with Crippen LogP contribution in [0.1, 0.15) is 11.3 Å². The van der Waals surface area contributed by atoms with Gasteiger partial charge in [0.25, 0.3) is 10.0 Å². The third-order valence-electron chi connectivity index (χ3n) is 3.71. The van der Waals surface area contributed by atoms with Crippen molar-refractivity contribution in [2.75, 3.05) is 7.11 Å². The molecule has 0 fully saturated rings. The minimum atomic E-state index is -3.63. The average molecular weight is 315 g/mol. The molecule has 1 aromatic heterocycles. The normalized spacial score (nSPS) is 11.8. The van der Waals surface area contributed by atoms with Crippen LogP contribution in [0.2, 0.25) is 0 Å². The molecule has 0 unspecified atom stereocenters. The molecule has 22 heavy (non-hydrogen) atoms. The predicted octanol–water partition coefficient (Wildman–Crippen LogP) is 3.50. The number of hydrogen-bond acceptors (Lipinski definition) is 3. The Labute approximate surface area is 130 Å². The van der Waals surface area contributed by atoms with Crippen LogP contribution >= 0.6 is 0 Å². The summed E-state index contributed by atoms with van der Waals surface area (Å²) in [5.74, 6) is 0.665. The summed E-state index contributed by atoms with van der Waals surface area (Å²) in [5, 5.41) is 0.790. The van der Waals surface area contributed by atoms with Crippen molar-refractivity contribution in [3.05, 3.63) is 59.8 Å². The predicted molar refractivity (Wildman–Crippen MR) is 87.0 cm³/mol. The number of aryl methyl sites for hydroxylation is 2. The minimum absolute atomic E-state index is 0.279. The first-order valence-electron chi connectivity index (χ1n) is 6.92. The Hall–Kier alpha value is -2.27. The number of ether oxygens (including phenoxy) is 1. The van der Waals surface area contributed by atoms with Gasteiger partial charge in [0, 0.05) is 11.1 Å². The molecule has 3 aromatic rings. The highest BCUT2D eigenvalue weighted by atomic mass is 32.2. The summed E-state index contributed by atoms with van der Waals surface area (Å²) < 4.78 is 32.6. The van der Waals surface area contributed by atoms with Gasteiger partial charge in [-0.3, -0.25) is 0 Å². The first-order chi connectivity index (χ1) is 10.4. The average Bonchev–Trinajstić information content (AvgIpc) is 2.84. The molecule has 114 valence electrons. The highest BCUT2D eigenvalue weighted by molar-refractivity contribution is 7.90. The van der Waals surface area contributed by atoms with Crippen molar-refractivity contribution in [2.24, 2.45) is 0 Å². The van der Waals surface area contributed by atoms with E-state index in [0.29, 0.717) is 17.0 Å². The first kappa shape index (κ1) is 14.7. The van der Waals surface area contributed by atoms with Crippen LogP contribution in [0.5, 0.6) is 5.75 Å². The molecule has 0 bridgehead atoms. The molecular weight excluding hydrogens is 298 g/mol. The number of hydrogen-bond donors (Lipinski definition) is 0. The van der Waals surface area contributed by atoms with Crippen molar-refractivity contribution in [2.45, 2.75) is 18.7 Å². The monoisotopic (exact) mass is 315 g/mol. The second kappa shape index (κ2) is 5.18. The van der Waals surface area contributed by atoms with Gasteiger partial charge in [0.15, 0.2) is 0 Å². The van der Waals surface area contributed by atoms with Crippen LogP contribution in [0.4, 0.5) is 0 Å². The minimum Gasteiger partial charge on any atom is -0.496 e. The highest BCUT2D eigenvalue weighted by Gasteiger charge is 2.22. The summed E-state index contributed by atoms with van der Waals surface area (Å²) in [5.41, 5.74) is 2.30. The van der Waals surface area contributed by atoms with Crippen molar-refractivity contribution < 1.29 is 13.2 Å². The largest absolute Gasteiger partial charge is 0.496 e. The summed E-state index contributed by atoms with van der Waals surface area (Å²) >= 11 is 0. The lowest BCUT2D eigenvalue weighted by Crippen LogP contribution is -2.14. The number of rotatable bonds is 3. The van der Waals surface area contributed by atoms with E-state index in [9.17, 15) is 8.42 Å². The topological polar surface area (TPSA) is 48.3 Å². The summed E-state index contributed by atoms with van der Waals surface area (Å²) in [6, 6.07) is 14.1. The number of nitrogens with zero attached hydrogens (tertiary/aromatic N) is 1. The maximum Gasteiger partial charge on any atom is 0.268 e. The van der Waals surface area contributed by atoms with Gasteiger partial charge in [0.1, 0.15) is 5.75 Å². The van der Waals surface area contributed by atoms with Crippen LogP contribution in [-0.4, -0.2) is 19.5 Å². The molecule has 0 aliphatic carbocycles. The molecule has 4 nitrogen and oxygen atoms in total. The van der Waals surface area contributed by atoms with E-state index in [1.54, 1.807) is 50.4 Å². The van der Waals surface area contributed by atoms with Crippen molar-refractivity contribution >= 4 is 20.9 Å². The zero-order valence-corrected chi connectivity index (χ0v) is 13.5. The Bertz CT molecular complexity index is 938. The van der Waals surface area contributed by atoms with Crippen molar-refractivity contribution in [3.63, 3.8) is 0 Å². The molecule has 0 saturated carbocycles. The van der Waals surface area contributed by atoms with Crippen LogP contribution in [0.3, 0.4) is 0 Å². The molecule has 0 N–H and O–H groups in total. The molecule has 0 saturated heterocycles. The maximum atomic E-state index is 13.0. The van der Waals surface area contributed by atoms with E-state index in [4.69, 9.17) is 4.74 Å². The fourth-order valence-electron chi connectivity index (χ4n) is 2.62. The van der Waals surface area contributed by atoms with Crippen LogP contribution in [0.25, 0.3) is 10.9 Å². The molecule has 0 aliphatic heterocycles. The summed E-state index contributed by atoms with van der Waals surface area (Å²) in [6.07, 6.45) is 0. The van der Waals surface area contributed by atoms with Gasteiger partial charge in [-0.05, 0) is 44.2 Å². The number of aromatic nitrogens is 1. The molecule has 1 heterocycles. The molecule has 0 amide bonds. The van der Waals surface area contributed by atoms with Gasteiger partial charge in [-0.25, -0.2) is 12.4 Å². The lowest BCUT2D eigenvalue weighted by molar-refractivity contribution is 0.420. The van der Waals surface area contributed by atoms with E-state index >= 15 is 0 Å². The lowest BCUT2D eigenvalue weighted by Gasteiger charge is -2.10. The molecule has 0 radical (unpaired) electrons. The first-order valence-corrected chi connectivity index (χ1v) is 8.36. The molecule has 2 aromatic carbocycles. The second-order valence-electron chi connectivity index (χ2n) is 5.26. The quantitative estimate of drug-likeness (QED) is 0.743. The second-order valence-corrected chi connectivity index (χ2v) is 7.05. The molecule has 0 aliphatic rings. The van der Waals surface area contributed by atoms with Gasteiger partial charge in [0.2, 0.25) is 0 Å². The van der Waals surface area contributed by atoms with Gasteiger partial charge in [0.05, 0.1) is 17.5 Å². The Morgan fingerprint density at radius 1 is 1.00 bits per heavy atom. The van der Waals surface area contributed by atoms with E-state index in [1.807, 2.05) is 19.1 Å². The van der Waals surface area contributed by atoms with E-state index in [1.165, 1.54) is 3.97 Å². The van der Waals surface area contributed by atoms with Gasteiger partial charge < -0.3 is 4.74 Å². The van der Waals surface area contributed by atoms with E-state index in [0.717, 1.165) is 10.9 Å². The maximum absolute atomic E-state index is 13.0. The summed E-state index contributed by atoms with van der Waals surface area (Å²) in [6.45, 7) is 3.71. The SMILES string of the molecule is COc1cccc2c1cc(C)n2S(=O)(=O)c1ccc(C)cc1. The molecular formula is C17H17NO3S. The standard InChI is InChI=1S/C17H17NO3S/c1-12-7-9-14(10-8-12)22(19,20)18-13(2)11-15-16(18)5-4-6-17(15)21-3/h4-11H,1-3H3. The van der Waals surface area contributed by atoms with Crippen molar-refractivity contribution in [3.8, 4) is 5.75 Å². The molecule has 0 atom stereocenters. The van der Waals surface area contributed by atoms with E-state index in [-0.39, 0.29) is 4.90 Å². The van der Waals surface area contributed by atoms with E-state index in [2.05, 4.69) is 0 Å². The summed E-state index contributed by atoms with van der Waals surface area (Å²) in [7, 11) is -2.05. The van der Waals surface area contributed by atoms with Crippen molar-refractivity contribution in [1.29, 1.82) is 0 Å². The number of benzene rings is 2. The Balaban J connectivity index is 2.30. The zero-order valence-electron chi connectivity index (χ0n) is 12.7. The molecule has 0 spiro atoms. The van der Waals surface area contributed by atoms with Gasteiger partial charge in [-0.1, -0.05) is 23.8 Å². The van der Waals surface area contributed by atoms with Crippen LogP contribution in [0, 0.1) is 13.8 Å². The fourth-order valence-corrected chi connectivity index (χ4v) is 4.17. The highest BCUT2D eigenvalue weighted by Crippen LogP contribution is 2.31. The van der Waals surface area contributed by atoms with Crippen LogP contribution in [0.15, 0.2) is 53.4 Å². The smallest absolute Gasteiger partial charge is 0.268 e. The van der Waals surface area contributed by atoms with Crippen molar-refractivity contribution in [1.82, 2.24) is 3.97 Å². The number of fused-ring (bicyclic) bond motifs is 1. The third-order valence-corrected chi connectivity index (χ3v) is 5.55.